The predicted octanol–water partition coefficient (Wildman–Crippen LogP) is 6.70. The number of nitriles is 1. The maximum absolute atomic E-state index is 9.78. The van der Waals surface area contributed by atoms with E-state index >= 15 is 0 Å². The van der Waals surface area contributed by atoms with Crippen molar-refractivity contribution in [3.05, 3.63) is 35.4 Å². The monoisotopic (exact) mass is 389 g/mol. The molecule has 0 unspecified atom stereocenters. The van der Waals surface area contributed by atoms with Crippen LogP contribution in [-0.4, -0.2) is 5.84 Å². The first-order valence-corrected chi connectivity index (χ1v) is 10.5. The summed E-state index contributed by atoms with van der Waals surface area (Å²) >= 11 is 0. The minimum Gasteiger partial charge on any atom is -0.384 e. The summed E-state index contributed by atoms with van der Waals surface area (Å²) in [6, 6.07) is 10.8. The number of benzene rings is 1. The lowest BCUT2D eigenvalue weighted by molar-refractivity contribution is 0.222. The molecule has 27 heavy (non-hydrogen) atoms. The fourth-order valence-electron chi connectivity index (χ4n) is 4.28. The summed E-state index contributed by atoms with van der Waals surface area (Å²) in [6.45, 7) is 2.25. The fraction of sp³-hybridized carbons (Fsp3) is 0.652. The summed E-state index contributed by atoms with van der Waals surface area (Å²) in [7, 11) is 0. The van der Waals surface area contributed by atoms with Crippen molar-refractivity contribution in [2.24, 2.45) is 11.1 Å². The normalized spacial score (nSPS) is 21.9. The zero-order valence-corrected chi connectivity index (χ0v) is 17.6. The van der Waals surface area contributed by atoms with Gasteiger partial charge in [0.25, 0.3) is 0 Å². The average molecular weight is 390 g/mol. The van der Waals surface area contributed by atoms with E-state index in [4.69, 9.17) is 11.1 Å². The van der Waals surface area contributed by atoms with E-state index in [-0.39, 0.29) is 23.7 Å². The Balaban J connectivity index is 0.00000364. The van der Waals surface area contributed by atoms with Gasteiger partial charge in [0.15, 0.2) is 0 Å². The number of halogens is 1. The number of amidine groups is 1. The van der Waals surface area contributed by atoms with Crippen LogP contribution < -0.4 is 5.73 Å². The van der Waals surface area contributed by atoms with Gasteiger partial charge in [0.2, 0.25) is 0 Å². The van der Waals surface area contributed by atoms with E-state index in [9.17, 15) is 5.26 Å². The van der Waals surface area contributed by atoms with Crippen LogP contribution in [0.1, 0.15) is 101 Å². The molecule has 1 saturated carbocycles. The van der Waals surface area contributed by atoms with Gasteiger partial charge in [-0.15, -0.1) is 12.4 Å². The number of unbranched alkanes of at least 4 members (excludes halogenated alkanes) is 6. The second-order valence-electron chi connectivity index (χ2n) is 8.07. The second-order valence-corrected chi connectivity index (χ2v) is 8.07. The molecule has 3 N–H and O–H groups in total. The number of nitrogen functional groups attached to an aromatic ring is 1. The molecule has 2 rings (SSSR count). The predicted molar refractivity (Wildman–Crippen MR) is 117 cm³/mol. The van der Waals surface area contributed by atoms with Gasteiger partial charge in [-0.3, -0.25) is 5.41 Å². The van der Waals surface area contributed by atoms with Crippen molar-refractivity contribution in [3.63, 3.8) is 0 Å². The molecular formula is C23H36ClN3. The average Bonchev–Trinajstić information content (AvgIpc) is 2.68. The van der Waals surface area contributed by atoms with E-state index in [0.29, 0.717) is 5.92 Å². The van der Waals surface area contributed by atoms with Crippen LogP contribution >= 0.6 is 12.4 Å². The van der Waals surface area contributed by atoms with Gasteiger partial charge in [0.05, 0.1) is 11.5 Å². The first-order chi connectivity index (χ1) is 12.6. The Labute approximate surface area is 171 Å². The second kappa shape index (κ2) is 12.0. The Bertz CT molecular complexity index is 595. The zero-order chi connectivity index (χ0) is 18.8. The number of nitrogens with zero attached hydrogens (tertiary/aromatic N) is 1. The Morgan fingerprint density at radius 1 is 1.07 bits per heavy atom. The molecule has 0 atom stereocenters. The molecule has 0 saturated heterocycles. The third kappa shape index (κ3) is 7.18. The van der Waals surface area contributed by atoms with Crippen molar-refractivity contribution in [3.8, 4) is 6.07 Å². The Kier molecular flexibility index (Phi) is 10.5. The molecule has 1 aromatic carbocycles. The molecule has 0 aromatic heterocycles. The van der Waals surface area contributed by atoms with Gasteiger partial charge in [-0.25, -0.2) is 0 Å². The third-order valence-electron chi connectivity index (χ3n) is 6.13. The van der Waals surface area contributed by atoms with Gasteiger partial charge in [-0.1, -0.05) is 76.1 Å². The summed E-state index contributed by atoms with van der Waals surface area (Å²) in [6.07, 6.45) is 14.5. The van der Waals surface area contributed by atoms with Crippen LogP contribution in [0.15, 0.2) is 24.3 Å². The lowest BCUT2D eigenvalue weighted by Gasteiger charge is -2.35. The Morgan fingerprint density at radius 3 is 2.15 bits per heavy atom. The van der Waals surface area contributed by atoms with Gasteiger partial charge in [-0.2, -0.15) is 5.26 Å². The minimum absolute atomic E-state index is 0. The summed E-state index contributed by atoms with van der Waals surface area (Å²) in [4.78, 5) is 0. The number of nitrogens with one attached hydrogen (secondary N) is 1. The van der Waals surface area contributed by atoms with Crippen LogP contribution in [0.4, 0.5) is 0 Å². The molecule has 1 aliphatic rings. The lowest BCUT2D eigenvalue weighted by atomic mass is 9.67. The van der Waals surface area contributed by atoms with Crippen molar-refractivity contribution in [2.75, 3.05) is 0 Å². The lowest BCUT2D eigenvalue weighted by Crippen LogP contribution is -2.25. The first-order valence-electron chi connectivity index (χ1n) is 10.5. The van der Waals surface area contributed by atoms with Gasteiger partial charge in [0, 0.05) is 5.56 Å². The molecule has 4 heteroatoms. The fourth-order valence-corrected chi connectivity index (χ4v) is 4.28. The molecule has 150 valence electrons. The van der Waals surface area contributed by atoms with Crippen LogP contribution in [0.3, 0.4) is 0 Å². The topological polar surface area (TPSA) is 73.7 Å². The SMILES string of the molecule is CCCCCCCCCC1(C#N)CCC(c2ccc(C(=N)N)cc2)CC1.Cl. The zero-order valence-electron chi connectivity index (χ0n) is 16.8. The Morgan fingerprint density at radius 2 is 1.63 bits per heavy atom. The molecule has 3 nitrogen and oxygen atoms in total. The van der Waals surface area contributed by atoms with Crippen molar-refractivity contribution in [1.29, 1.82) is 10.7 Å². The van der Waals surface area contributed by atoms with E-state index in [2.05, 4.69) is 25.1 Å². The highest BCUT2D eigenvalue weighted by Crippen LogP contribution is 2.45. The molecule has 0 bridgehead atoms. The minimum atomic E-state index is -0.0841. The van der Waals surface area contributed by atoms with Crippen molar-refractivity contribution >= 4 is 18.2 Å². The summed E-state index contributed by atoms with van der Waals surface area (Å²) in [5, 5.41) is 17.3. The molecule has 0 amide bonds. The Hall–Kier alpha value is -1.53. The highest BCUT2D eigenvalue weighted by atomic mass is 35.5. The quantitative estimate of drug-likeness (QED) is 0.265. The van der Waals surface area contributed by atoms with E-state index in [1.54, 1.807) is 0 Å². The van der Waals surface area contributed by atoms with Crippen LogP contribution in [0.2, 0.25) is 0 Å². The van der Waals surface area contributed by atoms with Gasteiger partial charge < -0.3 is 5.73 Å². The number of hydrogen-bond donors (Lipinski definition) is 2. The van der Waals surface area contributed by atoms with E-state index in [1.807, 2.05) is 12.1 Å². The maximum atomic E-state index is 9.78. The largest absolute Gasteiger partial charge is 0.384 e. The molecule has 0 spiro atoms. The van der Waals surface area contributed by atoms with Gasteiger partial charge in [0.1, 0.15) is 5.84 Å². The number of hydrogen-bond acceptors (Lipinski definition) is 2. The van der Waals surface area contributed by atoms with Crippen LogP contribution in [0.25, 0.3) is 0 Å². The summed E-state index contributed by atoms with van der Waals surface area (Å²) < 4.78 is 0. The number of nitrogens with two attached hydrogens (primary N) is 1. The first kappa shape index (κ1) is 23.5. The smallest absolute Gasteiger partial charge is 0.122 e. The van der Waals surface area contributed by atoms with Crippen molar-refractivity contribution < 1.29 is 0 Å². The molecule has 1 aromatic rings. The summed E-state index contributed by atoms with van der Waals surface area (Å²) in [5.41, 5.74) is 7.57. The maximum Gasteiger partial charge on any atom is 0.122 e. The molecular weight excluding hydrogens is 354 g/mol. The van der Waals surface area contributed by atoms with E-state index < -0.39 is 0 Å². The molecule has 0 radical (unpaired) electrons. The van der Waals surface area contributed by atoms with Crippen LogP contribution in [0.5, 0.6) is 0 Å². The molecule has 0 heterocycles. The molecule has 1 fully saturated rings. The van der Waals surface area contributed by atoms with Gasteiger partial charge in [-0.05, 0) is 43.6 Å². The summed E-state index contributed by atoms with van der Waals surface area (Å²) in [5.74, 6) is 0.671. The van der Waals surface area contributed by atoms with Crippen LogP contribution in [-0.2, 0) is 0 Å². The highest BCUT2D eigenvalue weighted by molar-refractivity contribution is 5.94. The van der Waals surface area contributed by atoms with E-state index in [1.165, 1.54) is 50.5 Å². The highest BCUT2D eigenvalue weighted by Gasteiger charge is 2.35. The third-order valence-corrected chi connectivity index (χ3v) is 6.13. The van der Waals surface area contributed by atoms with Crippen LogP contribution in [0, 0.1) is 22.2 Å². The van der Waals surface area contributed by atoms with E-state index in [0.717, 1.165) is 37.7 Å². The molecule has 0 aliphatic heterocycles. The van der Waals surface area contributed by atoms with Gasteiger partial charge >= 0.3 is 0 Å². The number of rotatable bonds is 10. The van der Waals surface area contributed by atoms with Crippen molar-refractivity contribution in [1.82, 2.24) is 0 Å². The molecule has 1 aliphatic carbocycles. The standard InChI is InChI=1S/C23H35N3.ClH/c1-2-3-4-5-6-7-8-15-23(18-24)16-13-20(14-17-23)19-9-11-21(12-10-19)22(25)26;/h9-12,20H,2-8,13-17H2,1H3,(H3,25,26);1H. The van der Waals surface area contributed by atoms with Crippen molar-refractivity contribution in [2.45, 2.75) is 89.9 Å².